The molecule has 0 bridgehead atoms. The number of halogens is 1. The summed E-state index contributed by atoms with van der Waals surface area (Å²) in [6, 6.07) is 0. The van der Waals surface area contributed by atoms with Crippen LogP contribution in [-0.2, 0) is 6.54 Å². The first-order valence-corrected chi connectivity index (χ1v) is 6.29. The first kappa shape index (κ1) is 12.0. The van der Waals surface area contributed by atoms with Gasteiger partial charge < -0.3 is 5.32 Å². The largest absolute Gasteiger partial charge is 0.309 e. The Hall–Kier alpha value is -0.120. The van der Waals surface area contributed by atoms with Crippen molar-refractivity contribution < 1.29 is 0 Å². The maximum Gasteiger partial charge on any atom is 0.107 e. The van der Waals surface area contributed by atoms with Crippen molar-refractivity contribution in [1.82, 2.24) is 10.3 Å². The lowest BCUT2D eigenvalue weighted by Gasteiger charge is -2.07. The molecule has 0 radical (unpaired) electrons. The molecular weight excluding hydrogens is 216 g/mol. The molecule has 0 aliphatic carbocycles. The van der Waals surface area contributed by atoms with Crippen LogP contribution in [0.5, 0.6) is 0 Å². The number of nitrogens with zero attached hydrogens (tertiary/aromatic N) is 1. The van der Waals surface area contributed by atoms with E-state index in [2.05, 4.69) is 22.6 Å². The van der Waals surface area contributed by atoms with Crippen molar-refractivity contribution in [2.45, 2.75) is 38.6 Å². The van der Waals surface area contributed by atoms with Gasteiger partial charge in [0.1, 0.15) is 5.01 Å². The molecule has 0 aliphatic heterocycles. The number of aromatic nitrogens is 1. The first-order chi connectivity index (χ1) is 6.72. The van der Waals surface area contributed by atoms with Gasteiger partial charge >= 0.3 is 0 Å². The zero-order chi connectivity index (χ0) is 10.4. The molecule has 0 saturated heterocycles. The Morgan fingerprint density at radius 2 is 2.43 bits per heavy atom. The summed E-state index contributed by atoms with van der Waals surface area (Å²) in [5.74, 6) is 0. The highest BCUT2D eigenvalue weighted by Gasteiger charge is 2.03. The number of nitrogens with one attached hydrogen (secondary N) is 1. The summed E-state index contributed by atoms with van der Waals surface area (Å²) in [6.07, 6.45) is 2.22. The highest BCUT2D eigenvalue weighted by atomic mass is 35.5. The van der Waals surface area contributed by atoms with Gasteiger partial charge in [-0.3, -0.25) is 0 Å². The van der Waals surface area contributed by atoms with Crippen molar-refractivity contribution in [2.24, 2.45) is 0 Å². The Kier molecular flexibility index (Phi) is 5.45. The fraction of sp³-hybridized carbons (Fsp3) is 0.700. The minimum Gasteiger partial charge on any atom is -0.309 e. The average molecular weight is 233 g/mol. The number of aryl methyl sites for hydroxylation is 1. The molecule has 0 fully saturated rings. The maximum atomic E-state index is 6.07. The Bertz CT molecular complexity index is 262. The third kappa shape index (κ3) is 4.40. The normalized spacial score (nSPS) is 13.1. The van der Waals surface area contributed by atoms with E-state index in [1.807, 2.05) is 6.92 Å². The van der Waals surface area contributed by atoms with E-state index in [1.54, 1.807) is 11.3 Å². The summed E-state index contributed by atoms with van der Waals surface area (Å²) in [5.41, 5.74) is 1.10. The number of rotatable bonds is 6. The zero-order valence-electron chi connectivity index (χ0n) is 8.72. The molecule has 1 atom stereocenters. The van der Waals surface area contributed by atoms with Crippen molar-refractivity contribution in [2.75, 3.05) is 6.54 Å². The molecular formula is C10H17ClN2S. The molecule has 1 heterocycles. The number of alkyl halides is 1. The summed E-state index contributed by atoms with van der Waals surface area (Å²) in [5, 5.41) is 6.78. The highest BCUT2D eigenvalue weighted by Crippen LogP contribution is 2.08. The lowest BCUT2D eigenvalue weighted by Crippen LogP contribution is -2.22. The van der Waals surface area contributed by atoms with Gasteiger partial charge in [0.2, 0.25) is 0 Å². The summed E-state index contributed by atoms with van der Waals surface area (Å²) < 4.78 is 0. The predicted molar refractivity (Wildman–Crippen MR) is 63.1 cm³/mol. The SMILES string of the molecule is CCCC(Cl)CNCc1nc(C)cs1. The highest BCUT2D eigenvalue weighted by molar-refractivity contribution is 7.09. The Morgan fingerprint density at radius 1 is 1.64 bits per heavy atom. The molecule has 4 heteroatoms. The second-order valence-corrected chi connectivity index (χ2v) is 4.96. The summed E-state index contributed by atoms with van der Waals surface area (Å²) >= 11 is 7.77. The molecule has 0 saturated carbocycles. The number of hydrogen-bond donors (Lipinski definition) is 1. The molecule has 2 nitrogen and oxygen atoms in total. The Balaban J connectivity index is 2.15. The van der Waals surface area contributed by atoms with Crippen molar-refractivity contribution in [3.63, 3.8) is 0 Å². The maximum absolute atomic E-state index is 6.07. The van der Waals surface area contributed by atoms with Gasteiger partial charge in [0.05, 0.1) is 0 Å². The number of thiazole rings is 1. The van der Waals surface area contributed by atoms with E-state index in [0.717, 1.165) is 36.6 Å². The molecule has 0 amide bonds. The van der Waals surface area contributed by atoms with Gasteiger partial charge in [0.25, 0.3) is 0 Å². The molecule has 0 aliphatic rings. The summed E-state index contributed by atoms with van der Waals surface area (Å²) in [7, 11) is 0. The van der Waals surface area contributed by atoms with Crippen LogP contribution in [0, 0.1) is 6.92 Å². The second kappa shape index (κ2) is 6.38. The van der Waals surface area contributed by atoms with Crippen LogP contribution in [0.1, 0.15) is 30.5 Å². The second-order valence-electron chi connectivity index (χ2n) is 3.40. The summed E-state index contributed by atoms with van der Waals surface area (Å²) in [4.78, 5) is 4.37. The van der Waals surface area contributed by atoms with E-state index in [9.17, 15) is 0 Å². The standard InChI is InChI=1S/C10H17ClN2S/c1-3-4-9(11)5-12-6-10-13-8(2)7-14-10/h7,9,12H,3-6H2,1-2H3. The first-order valence-electron chi connectivity index (χ1n) is 4.98. The lowest BCUT2D eigenvalue weighted by atomic mass is 10.2. The quantitative estimate of drug-likeness (QED) is 0.763. The Labute approximate surface area is 94.7 Å². The van der Waals surface area contributed by atoms with Crippen LogP contribution in [0.25, 0.3) is 0 Å². The zero-order valence-corrected chi connectivity index (χ0v) is 10.3. The van der Waals surface area contributed by atoms with E-state index >= 15 is 0 Å². The monoisotopic (exact) mass is 232 g/mol. The molecule has 1 N–H and O–H groups in total. The molecule has 0 spiro atoms. The minimum atomic E-state index is 0.251. The molecule has 1 aromatic rings. The molecule has 0 aromatic carbocycles. The lowest BCUT2D eigenvalue weighted by molar-refractivity contribution is 0.621. The van der Waals surface area contributed by atoms with Crippen molar-refractivity contribution in [3.05, 3.63) is 16.1 Å². The molecule has 14 heavy (non-hydrogen) atoms. The van der Waals surface area contributed by atoms with Crippen molar-refractivity contribution in [3.8, 4) is 0 Å². The van der Waals surface area contributed by atoms with Gasteiger partial charge in [-0.25, -0.2) is 4.98 Å². The van der Waals surface area contributed by atoms with E-state index in [4.69, 9.17) is 11.6 Å². The summed E-state index contributed by atoms with van der Waals surface area (Å²) in [6.45, 7) is 5.88. The average Bonchev–Trinajstić information content (AvgIpc) is 2.52. The van der Waals surface area contributed by atoms with Crippen molar-refractivity contribution >= 4 is 22.9 Å². The van der Waals surface area contributed by atoms with Gasteiger partial charge in [-0.1, -0.05) is 13.3 Å². The van der Waals surface area contributed by atoms with Gasteiger partial charge in [0, 0.05) is 29.5 Å². The molecule has 80 valence electrons. The van der Waals surface area contributed by atoms with E-state index < -0.39 is 0 Å². The molecule has 1 rings (SSSR count). The van der Waals surface area contributed by atoms with Crippen LogP contribution in [0.4, 0.5) is 0 Å². The topological polar surface area (TPSA) is 24.9 Å². The van der Waals surface area contributed by atoms with E-state index in [0.29, 0.717) is 0 Å². The van der Waals surface area contributed by atoms with Crippen LogP contribution >= 0.6 is 22.9 Å². The van der Waals surface area contributed by atoms with Crippen LogP contribution < -0.4 is 5.32 Å². The fourth-order valence-corrected chi connectivity index (χ4v) is 2.30. The predicted octanol–water partition coefficient (Wildman–Crippen LogP) is 2.95. The van der Waals surface area contributed by atoms with Gasteiger partial charge in [-0.05, 0) is 13.3 Å². The fourth-order valence-electron chi connectivity index (χ4n) is 1.23. The van der Waals surface area contributed by atoms with Gasteiger partial charge in [-0.15, -0.1) is 22.9 Å². The van der Waals surface area contributed by atoms with Crippen molar-refractivity contribution in [1.29, 1.82) is 0 Å². The van der Waals surface area contributed by atoms with Crippen LogP contribution in [0.15, 0.2) is 5.38 Å². The number of hydrogen-bond acceptors (Lipinski definition) is 3. The smallest absolute Gasteiger partial charge is 0.107 e. The third-order valence-corrected chi connectivity index (χ3v) is 3.25. The molecule has 1 aromatic heterocycles. The van der Waals surface area contributed by atoms with E-state index in [-0.39, 0.29) is 5.38 Å². The minimum absolute atomic E-state index is 0.251. The van der Waals surface area contributed by atoms with Crippen LogP contribution in [-0.4, -0.2) is 16.9 Å². The van der Waals surface area contributed by atoms with Crippen LogP contribution in [0.3, 0.4) is 0 Å². The van der Waals surface area contributed by atoms with Gasteiger partial charge in [0.15, 0.2) is 0 Å². The Morgan fingerprint density at radius 3 is 3.00 bits per heavy atom. The van der Waals surface area contributed by atoms with Gasteiger partial charge in [-0.2, -0.15) is 0 Å². The third-order valence-electron chi connectivity index (χ3n) is 1.91. The van der Waals surface area contributed by atoms with Crippen LogP contribution in [0.2, 0.25) is 0 Å². The molecule has 1 unspecified atom stereocenters. The van der Waals surface area contributed by atoms with E-state index in [1.165, 1.54) is 0 Å².